The monoisotopic (exact) mass is 202 g/mol. The summed E-state index contributed by atoms with van der Waals surface area (Å²) >= 11 is 5.51. The number of hydrogen-bond donors (Lipinski definition) is 1. The summed E-state index contributed by atoms with van der Waals surface area (Å²) in [5, 5.41) is 9.59. The van der Waals surface area contributed by atoms with E-state index in [4.69, 9.17) is 11.6 Å². The highest BCUT2D eigenvalue weighted by Gasteiger charge is 2.14. The molecule has 1 N–H and O–H groups in total. The molecule has 0 unspecified atom stereocenters. The fourth-order valence-electron chi connectivity index (χ4n) is 1.15. The maximum atomic E-state index is 12.9. The zero-order valence-electron chi connectivity index (χ0n) is 7.64. The number of hydrogen-bond acceptors (Lipinski definition) is 1. The first-order valence-corrected chi connectivity index (χ1v) is 4.42. The minimum Gasteiger partial charge on any atom is -0.390 e. The van der Waals surface area contributed by atoms with Crippen LogP contribution < -0.4 is 0 Å². The first kappa shape index (κ1) is 10.5. The van der Waals surface area contributed by atoms with Crippen molar-refractivity contribution in [2.75, 3.05) is 0 Å². The van der Waals surface area contributed by atoms with Crippen LogP contribution in [0.4, 0.5) is 4.39 Å². The van der Waals surface area contributed by atoms with Crippen molar-refractivity contribution in [3.8, 4) is 0 Å². The molecule has 1 aromatic carbocycles. The smallest absolute Gasteiger partial charge is 0.142 e. The van der Waals surface area contributed by atoms with Crippen molar-refractivity contribution in [1.29, 1.82) is 0 Å². The van der Waals surface area contributed by atoms with E-state index in [1.54, 1.807) is 19.9 Å². The summed E-state index contributed by atoms with van der Waals surface area (Å²) in [5.41, 5.74) is -0.0744. The van der Waals surface area contributed by atoms with Crippen molar-refractivity contribution in [2.45, 2.75) is 25.9 Å². The molecular weight excluding hydrogens is 191 g/mol. The van der Waals surface area contributed by atoms with Crippen molar-refractivity contribution < 1.29 is 9.50 Å². The summed E-state index contributed by atoms with van der Waals surface area (Å²) in [6.45, 7) is 3.36. The fraction of sp³-hybridized carbons (Fsp3) is 0.400. The Kier molecular flexibility index (Phi) is 2.94. The maximum absolute atomic E-state index is 12.9. The first-order chi connectivity index (χ1) is 5.88. The van der Waals surface area contributed by atoms with Crippen molar-refractivity contribution in [2.24, 2.45) is 0 Å². The molecule has 0 aliphatic heterocycles. The van der Waals surface area contributed by atoms with E-state index < -0.39 is 11.4 Å². The van der Waals surface area contributed by atoms with Crippen molar-refractivity contribution in [1.82, 2.24) is 0 Å². The third-order valence-corrected chi connectivity index (χ3v) is 1.93. The van der Waals surface area contributed by atoms with Gasteiger partial charge in [0.25, 0.3) is 0 Å². The fourth-order valence-corrected chi connectivity index (χ4v) is 1.27. The van der Waals surface area contributed by atoms with E-state index in [-0.39, 0.29) is 5.02 Å². The van der Waals surface area contributed by atoms with Crippen LogP contribution in [0.3, 0.4) is 0 Å². The van der Waals surface area contributed by atoms with Gasteiger partial charge in [-0.3, -0.25) is 0 Å². The Morgan fingerprint density at radius 2 is 2.08 bits per heavy atom. The van der Waals surface area contributed by atoms with Gasteiger partial charge in [-0.2, -0.15) is 0 Å². The molecule has 0 aliphatic carbocycles. The van der Waals surface area contributed by atoms with Crippen LogP contribution in [0, 0.1) is 5.82 Å². The first-order valence-electron chi connectivity index (χ1n) is 4.05. The largest absolute Gasteiger partial charge is 0.390 e. The molecule has 13 heavy (non-hydrogen) atoms. The lowest BCUT2D eigenvalue weighted by Gasteiger charge is -2.16. The lowest BCUT2D eigenvalue weighted by Crippen LogP contribution is -2.21. The zero-order valence-corrected chi connectivity index (χ0v) is 8.40. The molecule has 0 bridgehead atoms. The zero-order chi connectivity index (χ0) is 10.1. The van der Waals surface area contributed by atoms with Gasteiger partial charge in [-0.15, -0.1) is 0 Å². The topological polar surface area (TPSA) is 20.2 Å². The molecule has 0 atom stereocenters. The Morgan fingerprint density at radius 3 is 2.54 bits per heavy atom. The predicted octanol–water partition coefficient (Wildman–Crippen LogP) is 2.79. The molecule has 0 heterocycles. The molecule has 1 nitrogen and oxygen atoms in total. The number of benzene rings is 1. The number of aliphatic hydroxyl groups is 1. The minimum absolute atomic E-state index is 0.111. The van der Waals surface area contributed by atoms with E-state index in [1.165, 1.54) is 12.1 Å². The van der Waals surface area contributed by atoms with Gasteiger partial charge in [0.15, 0.2) is 0 Å². The van der Waals surface area contributed by atoms with Gasteiger partial charge in [-0.25, -0.2) is 4.39 Å². The lowest BCUT2D eigenvalue weighted by atomic mass is 9.99. The molecule has 0 saturated heterocycles. The van der Waals surface area contributed by atoms with Gasteiger partial charge in [-0.1, -0.05) is 17.7 Å². The predicted molar refractivity (Wildman–Crippen MR) is 51.4 cm³/mol. The molecule has 0 fully saturated rings. The summed E-state index contributed by atoms with van der Waals surface area (Å²) < 4.78 is 12.9. The highest BCUT2D eigenvalue weighted by atomic mass is 35.5. The summed E-state index contributed by atoms with van der Waals surface area (Å²) in [6, 6.07) is 4.56. The van der Waals surface area contributed by atoms with Gasteiger partial charge >= 0.3 is 0 Å². The Hall–Kier alpha value is -0.600. The van der Waals surface area contributed by atoms with Crippen LogP contribution in [-0.4, -0.2) is 10.7 Å². The molecule has 0 saturated carbocycles. The average molecular weight is 203 g/mol. The highest BCUT2D eigenvalue weighted by Crippen LogP contribution is 2.18. The van der Waals surface area contributed by atoms with E-state index in [9.17, 15) is 9.50 Å². The summed E-state index contributed by atoms with van der Waals surface area (Å²) in [4.78, 5) is 0. The molecule has 1 rings (SSSR count). The average Bonchev–Trinajstić information content (AvgIpc) is 1.94. The minimum atomic E-state index is -0.819. The summed E-state index contributed by atoms with van der Waals surface area (Å²) in [6.07, 6.45) is 0.418. The van der Waals surface area contributed by atoms with Gasteiger partial charge < -0.3 is 5.11 Å². The highest BCUT2D eigenvalue weighted by molar-refractivity contribution is 6.30. The van der Waals surface area contributed by atoms with Gasteiger partial charge in [0, 0.05) is 6.42 Å². The van der Waals surface area contributed by atoms with E-state index in [1.807, 2.05) is 0 Å². The van der Waals surface area contributed by atoms with Gasteiger partial charge in [0.1, 0.15) is 5.82 Å². The van der Waals surface area contributed by atoms with Crippen LogP contribution in [-0.2, 0) is 6.42 Å². The lowest BCUT2D eigenvalue weighted by molar-refractivity contribution is 0.0809. The van der Waals surface area contributed by atoms with Crippen LogP contribution in [0.15, 0.2) is 18.2 Å². The van der Waals surface area contributed by atoms with E-state index in [2.05, 4.69) is 0 Å². The summed E-state index contributed by atoms with van der Waals surface area (Å²) in [5.74, 6) is -0.441. The second kappa shape index (κ2) is 3.64. The molecule has 0 amide bonds. The maximum Gasteiger partial charge on any atom is 0.142 e. The van der Waals surface area contributed by atoms with Crippen molar-refractivity contribution in [3.05, 3.63) is 34.6 Å². The third-order valence-electron chi connectivity index (χ3n) is 1.62. The van der Waals surface area contributed by atoms with E-state index in [0.29, 0.717) is 6.42 Å². The Morgan fingerprint density at radius 1 is 1.46 bits per heavy atom. The number of halogens is 2. The van der Waals surface area contributed by atoms with Crippen LogP contribution in [0.25, 0.3) is 0 Å². The molecule has 0 radical (unpaired) electrons. The molecule has 0 aliphatic rings. The molecule has 1 aromatic rings. The van der Waals surface area contributed by atoms with Gasteiger partial charge in [-0.05, 0) is 31.5 Å². The second-order valence-electron chi connectivity index (χ2n) is 3.74. The Labute approximate surface area is 82.2 Å². The van der Waals surface area contributed by atoms with Crippen LogP contribution in [0.2, 0.25) is 5.02 Å². The number of rotatable bonds is 2. The van der Waals surface area contributed by atoms with Crippen LogP contribution in [0.1, 0.15) is 19.4 Å². The van der Waals surface area contributed by atoms with Gasteiger partial charge in [0.05, 0.1) is 10.6 Å². The van der Waals surface area contributed by atoms with E-state index in [0.717, 1.165) is 5.56 Å². The second-order valence-corrected chi connectivity index (χ2v) is 4.14. The van der Waals surface area contributed by atoms with E-state index >= 15 is 0 Å². The molecular formula is C10H12ClFO. The van der Waals surface area contributed by atoms with Crippen molar-refractivity contribution >= 4 is 11.6 Å². The quantitative estimate of drug-likeness (QED) is 0.782. The van der Waals surface area contributed by atoms with Gasteiger partial charge in [0.2, 0.25) is 0 Å². The summed E-state index contributed by atoms with van der Waals surface area (Å²) in [7, 11) is 0. The Bertz CT molecular complexity index is 304. The molecule has 72 valence electrons. The standard InChI is InChI=1S/C10H12ClFO/c1-10(2,13)6-7-3-4-8(11)9(12)5-7/h3-5,13H,6H2,1-2H3. The molecule has 0 spiro atoms. The normalized spacial score (nSPS) is 11.8. The van der Waals surface area contributed by atoms with Crippen LogP contribution in [0.5, 0.6) is 0 Å². The molecule has 0 aromatic heterocycles. The molecule has 3 heteroatoms. The Balaban J connectivity index is 2.86. The van der Waals surface area contributed by atoms with Crippen LogP contribution >= 0.6 is 11.6 Å². The SMILES string of the molecule is CC(C)(O)Cc1ccc(Cl)c(F)c1. The van der Waals surface area contributed by atoms with Crippen molar-refractivity contribution in [3.63, 3.8) is 0 Å². The third kappa shape index (κ3) is 3.33.